The van der Waals surface area contributed by atoms with Gasteiger partial charge in [-0.25, -0.2) is 14.4 Å². The summed E-state index contributed by atoms with van der Waals surface area (Å²) >= 11 is 0. The van der Waals surface area contributed by atoms with E-state index in [1.165, 1.54) is 18.2 Å². The van der Waals surface area contributed by atoms with E-state index in [1.807, 2.05) is 24.3 Å². The number of benzene rings is 2. The standard InChI is InChI=1S/C19H19FN4O2/c20-12-5-6-17(26)14(7-12)19-22-15-4-2-1-3-13(15)18(24-19)23-16-9-21-8-11(16)10-25/h1-7,11,16,21,25-26H,8-10H2,(H,22,23,24)/t11-,16-/m1/s1. The highest BCUT2D eigenvalue weighted by atomic mass is 19.1. The Labute approximate surface area is 149 Å². The van der Waals surface area contributed by atoms with E-state index >= 15 is 0 Å². The number of aromatic hydroxyl groups is 1. The number of halogens is 1. The zero-order chi connectivity index (χ0) is 18.1. The van der Waals surface area contributed by atoms with E-state index in [4.69, 9.17) is 0 Å². The van der Waals surface area contributed by atoms with Crippen molar-refractivity contribution in [2.45, 2.75) is 6.04 Å². The van der Waals surface area contributed by atoms with Gasteiger partial charge in [0.15, 0.2) is 5.82 Å². The van der Waals surface area contributed by atoms with Gasteiger partial charge in [0.2, 0.25) is 0 Å². The lowest BCUT2D eigenvalue weighted by atomic mass is 10.0. The fourth-order valence-corrected chi connectivity index (χ4v) is 3.26. The molecule has 0 saturated carbocycles. The Morgan fingerprint density at radius 1 is 1.15 bits per heavy atom. The van der Waals surface area contributed by atoms with Crippen LogP contribution in [0.5, 0.6) is 5.75 Å². The molecule has 1 fully saturated rings. The molecule has 1 aromatic heterocycles. The Balaban J connectivity index is 1.82. The molecular formula is C19H19FN4O2. The van der Waals surface area contributed by atoms with Crippen LogP contribution in [0, 0.1) is 11.7 Å². The first-order valence-corrected chi connectivity index (χ1v) is 8.49. The van der Waals surface area contributed by atoms with Gasteiger partial charge < -0.3 is 20.8 Å². The molecular weight excluding hydrogens is 335 g/mol. The Hall–Kier alpha value is -2.77. The fraction of sp³-hybridized carbons (Fsp3) is 0.263. The van der Waals surface area contributed by atoms with Crippen LogP contribution in [-0.2, 0) is 0 Å². The van der Waals surface area contributed by atoms with Crippen molar-refractivity contribution in [2.24, 2.45) is 5.92 Å². The number of para-hydroxylation sites is 1. The van der Waals surface area contributed by atoms with Crippen LogP contribution in [0.1, 0.15) is 0 Å². The van der Waals surface area contributed by atoms with Gasteiger partial charge in [0.25, 0.3) is 0 Å². The van der Waals surface area contributed by atoms with Crippen molar-refractivity contribution in [3.8, 4) is 17.1 Å². The molecule has 3 aromatic rings. The van der Waals surface area contributed by atoms with E-state index in [-0.39, 0.29) is 35.7 Å². The van der Waals surface area contributed by atoms with Crippen LogP contribution in [0.2, 0.25) is 0 Å². The van der Waals surface area contributed by atoms with E-state index in [0.29, 0.717) is 17.9 Å². The van der Waals surface area contributed by atoms with Crippen molar-refractivity contribution in [3.05, 3.63) is 48.3 Å². The number of aliphatic hydroxyl groups is 1. The molecule has 2 heterocycles. The number of hydrogen-bond donors (Lipinski definition) is 4. The topological polar surface area (TPSA) is 90.3 Å². The average molecular weight is 354 g/mol. The molecule has 0 amide bonds. The quantitative estimate of drug-likeness (QED) is 0.574. The maximum absolute atomic E-state index is 13.7. The van der Waals surface area contributed by atoms with E-state index in [2.05, 4.69) is 20.6 Å². The van der Waals surface area contributed by atoms with Gasteiger partial charge in [0, 0.05) is 37.0 Å². The van der Waals surface area contributed by atoms with Gasteiger partial charge in [-0.15, -0.1) is 0 Å². The first kappa shape index (κ1) is 16.7. The lowest BCUT2D eigenvalue weighted by Crippen LogP contribution is -2.30. The number of aromatic nitrogens is 2. The van der Waals surface area contributed by atoms with E-state index in [0.717, 1.165) is 11.9 Å². The second-order valence-corrected chi connectivity index (χ2v) is 6.43. The van der Waals surface area contributed by atoms with Gasteiger partial charge in [-0.05, 0) is 30.3 Å². The normalized spacial score (nSPS) is 19.8. The number of nitrogens with zero attached hydrogens (tertiary/aromatic N) is 2. The minimum absolute atomic E-state index is 0.0206. The van der Waals surface area contributed by atoms with Crippen molar-refractivity contribution < 1.29 is 14.6 Å². The van der Waals surface area contributed by atoms with E-state index in [1.54, 1.807) is 0 Å². The van der Waals surface area contributed by atoms with Crippen molar-refractivity contribution in [2.75, 3.05) is 25.0 Å². The van der Waals surface area contributed by atoms with E-state index < -0.39 is 5.82 Å². The maximum Gasteiger partial charge on any atom is 0.165 e. The SMILES string of the molecule is OC[C@H]1CNC[C@H]1Nc1nc(-c2cc(F)ccc2O)nc2ccccc12. The highest BCUT2D eigenvalue weighted by Gasteiger charge is 2.27. The molecule has 7 heteroatoms. The Morgan fingerprint density at radius 3 is 2.85 bits per heavy atom. The summed E-state index contributed by atoms with van der Waals surface area (Å²) in [7, 11) is 0. The van der Waals surface area contributed by atoms with Crippen LogP contribution in [0.15, 0.2) is 42.5 Å². The van der Waals surface area contributed by atoms with Gasteiger partial charge in [0.1, 0.15) is 17.4 Å². The average Bonchev–Trinajstić information content (AvgIpc) is 3.11. The molecule has 0 bridgehead atoms. The smallest absolute Gasteiger partial charge is 0.165 e. The summed E-state index contributed by atoms with van der Waals surface area (Å²) in [6.45, 7) is 1.52. The number of anilines is 1. The van der Waals surface area contributed by atoms with Crippen LogP contribution in [0.4, 0.5) is 10.2 Å². The van der Waals surface area contributed by atoms with Gasteiger partial charge in [0.05, 0.1) is 11.1 Å². The highest BCUT2D eigenvalue weighted by molar-refractivity contribution is 5.91. The van der Waals surface area contributed by atoms with Crippen LogP contribution >= 0.6 is 0 Å². The summed E-state index contributed by atoms with van der Waals surface area (Å²) < 4.78 is 13.7. The summed E-state index contributed by atoms with van der Waals surface area (Å²) in [5.74, 6) is 0.374. The second kappa shape index (κ2) is 6.86. The minimum atomic E-state index is -0.468. The summed E-state index contributed by atoms with van der Waals surface area (Å²) in [6, 6.07) is 11.2. The van der Waals surface area contributed by atoms with Gasteiger partial charge in [-0.1, -0.05) is 12.1 Å². The van der Waals surface area contributed by atoms with E-state index in [9.17, 15) is 14.6 Å². The molecule has 2 atom stereocenters. The molecule has 0 unspecified atom stereocenters. The van der Waals surface area contributed by atoms with Crippen LogP contribution in [0.3, 0.4) is 0 Å². The predicted octanol–water partition coefficient (Wildman–Crippen LogP) is 2.13. The highest BCUT2D eigenvalue weighted by Crippen LogP contribution is 2.31. The third-order valence-corrected chi connectivity index (χ3v) is 4.70. The lowest BCUT2D eigenvalue weighted by molar-refractivity contribution is 0.231. The zero-order valence-electron chi connectivity index (χ0n) is 14.0. The lowest BCUT2D eigenvalue weighted by Gasteiger charge is -2.20. The van der Waals surface area contributed by atoms with Crippen LogP contribution in [-0.4, -0.2) is 45.9 Å². The number of phenolic OH excluding ortho intramolecular Hbond substituents is 1. The Morgan fingerprint density at radius 2 is 2.00 bits per heavy atom. The van der Waals surface area contributed by atoms with Crippen molar-refractivity contribution in [3.63, 3.8) is 0 Å². The van der Waals surface area contributed by atoms with Crippen LogP contribution < -0.4 is 10.6 Å². The summed E-state index contributed by atoms with van der Waals surface area (Å²) in [5, 5.41) is 27.1. The molecule has 0 spiro atoms. The molecule has 6 nitrogen and oxygen atoms in total. The monoisotopic (exact) mass is 354 g/mol. The number of fused-ring (bicyclic) bond motifs is 1. The Bertz CT molecular complexity index is 950. The second-order valence-electron chi connectivity index (χ2n) is 6.43. The van der Waals surface area contributed by atoms with Gasteiger partial charge in [-0.2, -0.15) is 0 Å². The molecule has 1 saturated heterocycles. The van der Waals surface area contributed by atoms with Gasteiger partial charge >= 0.3 is 0 Å². The number of hydrogen-bond acceptors (Lipinski definition) is 6. The molecule has 134 valence electrons. The summed E-state index contributed by atoms with van der Waals surface area (Å²) in [4.78, 5) is 9.03. The molecule has 4 rings (SSSR count). The molecule has 1 aliphatic rings. The summed E-state index contributed by atoms with van der Waals surface area (Å²) in [6.07, 6.45) is 0. The first-order chi connectivity index (χ1) is 12.7. The molecule has 4 N–H and O–H groups in total. The third kappa shape index (κ3) is 3.07. The number of phenols is 1. The number of aliphatic hydroxyl groups excluding tert-OH is 1. The van der Waals surface area contributed by atoms with Crippen LogP contribution in [0.25, 0.3) is 22.3 Å². The summed E-state index contributed by atoms with van der Waals surface area (Å²) in [5.41, 5.74) is 0.928. The Kier molecular flexibility index (Phi) is 4.40. The molecule has 1 aliphatic heterocycles. The van der Waals surface area contributed by atoms with Gasteiger partial charge in [-0.3, -0.25) is 0 Å². The first-order valence-electron chi connectivity index (χ1n) is 8.49. The molecule has 0 radical (unpaired) electrons. The number of rotatable bonds is 4. The molecule has 0 aliphatic carbocycles. The number of nitrogens with one attached hydrogen (secondary N) is 2. The molecule has 2 aromatic carbocycles. The minimum Gasteiger partial charge on any atom is -0.507 e. The third-order valence-electron chi connectivity index (χ3n) is 4.70. The largest absolute Gasteiger partial charge is 0.507 e. The van der Waals surface area contributed by atoms with Crippen molar-refractivity contribution in [1.82, 2.24) is 15.3 Å². The van der Waals surface area contributed by atoms with Crippen molar-refractivity contribution in [1.29, 1.82) is 0 Å². The predicted molar refractivity (Wildman–Crippen MR) is 97.5 cm³/mol. The zero-order valence-corrected chi connectivity index (χ0v) is 14.0. The van der Waals surface area contributed by atoms with Crippen molar-refractivity contribution >= 4 is 16.7 Å². The fourth-order valence-electron chi connectivity index (χ4n) is 3.26. The molecule has 26 heavy (non-hydrogen) atoms. The maximum atomic E-state index is 13.7.